The Bertz CT molecular complexity index is 1060. The lowest BCUT2D eigenvalue weighted by molar-refractivity contribution is 0.0605. The number of rotatable bonds is 5. The number of carbonyl (C=O) groups is 1. The van der Waals surface area contributed by atoms with Crippen molar-refractivity contribution < 1.29 is 27.8 Å². The molecule has 0 bridgehead atoms. The van der Waals surface area contributed by atoms with Crippen LogP contribution < -0.4 is 4.74 Å². The van der Waals surface area contributed by atoms with Crippen molar-refractivity contribution in [2.45, 2.75) is 51.3 Å². The molecule has 2 aliphatic rings. The first kappa shape index (κ1) is 21.0. The molecule has 1 aromatic heterocycles. The summed E-state index contributed by atoms with van der Waals surface area (Å²) < 4.78 is 47.7. The molecule has 2 aromatic rings. The molecular formula is C21H21F3N4O3. The van der Waals surface area contributed by atoms with E-state index in [0.29, 0.717) is 31.0 Å². The van der Waals surface area contributed by atoms with Crippen LogP contribution in [0, 0.1) is 34.2 Å². The smallest absolute Gasteiger partial charge is 0.407 e. The molecule has 1 aliphatic heterocycles. The SMILES string of the molecule is CC1(C2CC(n3ncc(COc4c(F)ccc(F)c4F)c3C#N)CCN2C(=O)O)CC1. The molecule has 2 heterocycles. The number of hydrogen-bond donors (Lipinski definition) is 1. The first-order valence-corrected chi connectivity index (χ1v) is 9.97. The number of ether oxygens (including phenoxy) is 1. The van der Waals surface area contributed by atoms with E-state index < -0.39 is 29.3 Å². The summed E-state index contributed by atoms with van der Waals surface area (Å²) in [6.07, 6.45) is 3.33. The highest BCUT2D eigenvalue weighted by atomic mass is 19.2. The van der Waals surface area contributed by atoms with Crippen LogP contribution in [-0.2, 0) is 6.61 Å². The fourth-order valence-corrected chi connectivity index (χ4v) is 4.28. The molecule has 0 spiro atoms. The van der Waals surface area contributed by atoms with Crippen molar-refractivity contribution in [2.24, 2.45) is 5.41 Å². The van der Waals surface area contributed by atoms with Gasteiger partial charge in [-0.1, -0.05) is 6.92 Å². The number of hydrogen-bond acceptors (Lipinski definition) is 4. The van der Waals surface area contributed by atoms with Gasteiger partial charge in [0.05, 0.1) is 12.2 Å². The van der Waals surface area contributed by atoms with Gasteiger partial charge in [-0.3, -0.25) is 4.68 Å². The standard InChI is InChI=1S/C21H21F3N4O3/c1-21(5-6-21)17-8-13(4-7-27(17)20(29)30)28-16(9-25)12(10-26-28)11-31-19-15(23)3-2-14(22)18(19)24/h2-3,10,13,17H,4-8,11H2,1H3,(H,29,30). The zero-order chi connectivity index (χ0) is 22.3. The number of aromatic nitrogens is 2. The average Bonchev–Trinajstić information content (AvgIpc) is 3.37. The summed E-state index contributed by atoms with van der Waals surface area (Å²) in [6, 6.07) is 3.11. The maximum Gasteiger partial charge on any atom is 0.407 e. The third kappa shape index (κ3) is 3.80. The number of nitrogens with zero attached hydrogens (tertiary/aromatic N) is 4. The molecule has 2 atom stereocenters. The van der Waals surface area contributed by atoms with Crippen LogP contribution in [0.5, 0.6) is 5.75 Å². The summed E-state index contributed by atoms with van der Waals surface area (Å²) in [7, 11) is 0. The van der Waals surface area contributed by atoms with Crippen LogP contribution in [0.2, 0.25) is 0 Å². The summed E-state index contributed by atoms with van der Waals surface area (Å²) in [4.78, 5) is 13.1. The van der Waals surface area contributed by atoms with Crippen molar-refractivity contribution in [2.75, 3.05) is 6.54 Å². The molecule has 1 N–H and O–H groups in total. The van der Waals surface area contributed by atoms with Crippen LogP contribution in [0.15, 0.2) is 18.3 Å². The molecule has 1 aliphatic carbocycles. The number of piperidine rings is 1. The van der Waals surface area contributed by atoms with Gasteiger partial charge in [0.2, 0.25) is 5.82 Å². The van der Waals surface area contributed by atoms with E-state index in [0.717, 1.165) is 18.9 Å². The summed E-state index contributed by atoms with van der Waals surface area (Å²) >= 11 is 0. The number of likely N-dealkylation sites (tertiary alicyclic amines) is 1. The molecule has 1 aromatic carbocycles. The number of amides is 1. The highest BCUT2D eigenvalue weighted by Gasteiger charge is 2.51. The Morgan fingerprint density at radius 2 is 2.06 bits per heavy atom. The molecular weight excluding hydrogens is 413 g/mol. The average molecular weight is 434 g/mol. The molecule has 4 rings (SSSR count). The lowest BCUT2D eigenvalue weighted by atomic mass is 9.86. The van der Waals surface area contributed by atoms with Gasteiger partial charge in [-0.15, -0.1) is 0 Å². The van der Waals surface area contributed by atoms with Gasteiger partial charge in [0.15, 0.2) is 17.4 Å². The first-order valence-electron chi connectivity index (χ1n) is 9.97. The van der Waals surface area contributed by atoms with Crippen molar-refractivity contribution in [1.29, 1.82) is 5.26 Å². The topological polar surface area (TPSA) is 91.4 Å². The maximum absolute atomic E-state index is 13.8. The number of benzene rings is 1. The second-order valence-corrected chi connectivity index (χ2v) is 8.36. The van der Waals surface area contributed by atoms with Gasteiger partial charge >= 0.3 is 6.09 Å². The molecule has 1 saturated carbocycles. The molecule has 2 unspecified atom stereocenters. The molecule has 0 radical (unpaired) electrons. The minimum absolute atomic E-state index is 0.0740. The summed E-state index contributed by atoms with van der Waals surface area (Å²) in [6.45, 7) is 2.03. The third-order valence-corrected chi connectivity index (χ3v) is 6.36. The lowest BCUT2D eigenvalue weighted by Crippen LogP contribution is -2.49. The number of nitriles is 1. The zero-order valence-corrected chi connectivity index (χ0v) is 16.8. The maximum atomic E-state index is 13.8. The predicted octanol–water partition coefficient (Wildman–Crippen LogP) is 4.23. The Morgan fingerprint density at radius 1 is 1.35 bits per heavy atom. The van der Waals surface area contributed by atoms with Crippen molar-refractivity contribution in [3.63, 3.8) is 0 Å². The Hall–Kier alpha value is -3.22. The third-order valence-electron chi connectivity index (χ3n) is 6.36. The highest BCUT2D eigenvalue weighted by molar-refractivity contribution is 5.66. The molecule has 7 nitrogen and oxygen atoms in total. The second-order valence-electron chi connectivity index (χ2n) is 8.36. The molecule has 2 fully saturated rings. The van der Waals surface area contributed by atoms with Crippen molar-refractivity contribution in [3.05, 3.63) is 47.0 Å². The zero-order valence-electron chi connectivity index (χ0n) is 16.8. The van der Waals surface area contributed by atoms with Gasteiger partial charge in [-0.05, 0) is 43.2 Å². The molecule has 10 heteroatoms. The molecule has 1 saturated heterocycles. The van der Waals surface area contributed by atoms with E-state index in [-0.39, 0.29) is 29.8 Å². The van der Waals surface area contributed by atoms with Gasteiger partial charge in [-0.25, -0.2) is 13.6 Å². The van der Waals surface area contributed by atoms with Gasteiger partial charge in [-0.2, -0.15) is 14.8 Å². The van der Waals surface area contributed by atoms with Crippen LogP contribution in [0.4, 0.5) is 18.0 Å². The largest absolute Gasteiger partial charge is 0.483 e. The Balaban J connectivity index is 1.54. The minimum atomic E-state index is -1.44. The van der Waals surface area contributed by atoms with Gasteiger partial charge < -0.3 is 14.7 Å². The molecule has 164 valence electrons. The summed E-state index contributed by atoms with van der Waals surface area (Å²) in [5.41, 5.74) is 0.404. The van der Waals surface area contributed by atoms with E-state index in [1.54, 1.807) is 0 Å². The summed E-state index contributed by atoms with van der Waals surface area (Å²) in [5.74, 6) is -4.58. The van der Waals surface area contributed by atoms with Crippen LogP contribution in [-0.4, -0.2) is 38.5 Å². The minimum Gasteiger partial charge on any atom is -0.483 e. The van der Waals surface area contributed by atoms with Gasteiger partial charge in [0, 0.05) is 18.2 Å². The monoisotopic (exact) mass is 434 g/mol. The molecule has 1 amide bonds. The van der Waals surface area contributed by atoms with Crippen LogP contribution in [0.1, 0.15) is 49.9 Å². The normalized spacial score (nSPS) is 22.1. The number of halogens is 3. The van der Waals surface area contributed by atoms with E-state index in [1.807, 2.05) is 0 Å². The van der Waals surface area contributed by atoms with Crippen LogP contribution in [0.3, 0.4) is 0 Å². The fraction of sp³-hybridized carbons (Fsp3) is 0.476. The number of carboxylic acid groups (broad SMARTS) is 1. The van der Waals surface area contributed by atoms with Crippen molar-refractivity contribution >= 4 is 6.09 Å². The first-order chi connectivity index (χ1) is 14.7. The predicted molar refractivity (Wildman–Crippen MR) is 102 cm³/mol. The Kier molecular flexibility index (Phi) is 5.29. The van der Waals surface area contributed by atoms with E-state index in [4.69, 9.17) is 4.74 Å². The Labute approximate surface area is 176 Å². The van der Waals surface area contributed by atoms with Crippen molar-refractivity contribution in [3.8, 4) is 11.8 Å². The lowest BCUT2D eigenvalue weighted by Gasteiger charge is -2.41. The van der Waals surface area contributed by atoms with E-state index >= 15 is 0 Å². The van der Waals surface area contributed by atoms with E-state index in [2.05, 4.69) is 18.1 Å². The van der Waals surface area contributed by atoms with E-state index in [1.165, 1.54) is 15.8 Å². The van der Waals surface area contributed by atoms with Crippen molar-refractivity contribution in [1.82, 2.24) is 14.7 Å². The van der Waals surface area contributed by atoms with E-state index in [9.17, 15) is 28.3 Å². The van der Waals surface area contributed by atoms with Crippen LogP contribution in [0.25, 0.3) is 0 Å². The quantitative estimate of drug-likeness (QED) is 0.711. The Morgan fingerprint density at radius 3 is 2.71 bits per heavy atom. The molecule has 31 heavy (non-hydrogen) atoms. The van der Waals surface area contributed by atoms with Crippen LogP contribution >= 0.6 is 0 Å². The second kappa shape index (κ2) is 7.80. The highest BCUT2D eigenvalue weighted by Crippen LogP contribution is 2.53. The summed E-state index contributed by atoms with van der Waals surface area (Å²) in [5, 5.41) is 23.5. The van der Waals surface area contributed by atoms with Gasteiger partial charge in [0.1, 0.15) is 18.4 Å². The van der Waals surface area contributed by atoms with Gasteiger partial charge in [0.25, 0.3) is 0 Å². The fourth-order valence-electron chi connectivity index (χ4n) is 4.28.